The van der Waals surface area contributed by atoms with Gasteiger partial charge in [0.1, 0.15) is 13.2 Å². The molecule has 0 saturated heterocycles. The molecule has 0 saturated carbocycles. The Morgan fingerprint density at radius 2 is 2.16 bits per heavy atom. The standard InChI is InChI=1S/C14H18ClNO3/c1-2-3-13(17)16-5-4-10-8-11(15)14-12(9-10)18-6-7-19-14/h8-9H,2-7H2,1H3,(H,16,17). The van der Waals surface area contributed by atoms with Crippen LogP contribution >= 0.6 is 11.6 Å². The second-order valence-electron chi connectivity index (χ2n) is 4.45. The Bertz CT molecular complexity index is 462. The van der Waals surface area contributed by atoms with Crippen molar-refractivity contribution in [1.29, 1.82) is 0 Å². The van der Waals surface area contributed by atoms with Gasteiger partial charge in [-0.3, -0.25) is 4.79 Å². The predicted octanol–water partition coefficient (Wildman–Crippen LogP) is 2.57. The zero-order chi connectivity index (χ0) is 13.7. The molecule has 0 aliphatic carbocycles. The van der Waals surface area contributed by atoms with Gasteiger partial charge in [-0.25, -0.2) is 0 Å². The number of hydrogen-bond donors (Lipinski definition) is 1. The predicted molar refractivity (Wildman–Crippen MR) is 74.1 cm³/mol. The van der Waals surface area contributed by atoms with Gasteiger partial charge in [0, 0.05) is 13.0 Å². The number of nitrogens with one attached hydrogen (secondary N) is 1. The Morgan fingerprint density at radius 1 is 1.37 bits per heavy atom. The molecular weight excluding hydrogens is 266 g/mol. The van der Waals surface area contributed by atoms with E-state index < -0.39 is 0 Å². The molecule has 0 atom stereocenters. The summed E-state index contributed by atoms with van der Waals surface area (Å²) in [7, 11) is 0. The van der Waals surface area contributed by atoms with Crippen molar-refractivity contribution >= 4 is 17.5 Å². The maximum atomic E-state index is 11.4. The molecular formula is C14H18ClNO3. The summed E-state index contributed by atoms with van der Waals surface area (Å²) in [6.07, 6.45) is 2.16. The highest BCUT2D eigenvalue weighted by Gasteiger charge is 2.16. The Labute approximate surface area is 118 Å². The average molecular weight is 284 g/mol. The van der Waals surface area contributed by atoms with E-state index in [0.717, 1.165) is 18.4 Å². The number of carbonyl (C=O) groups is 1. The minimum Gasteiger partial charge on any atom is -0.486 e. The van der Waals surface area contributed by atoms with Crippen LogP contribution in [-0.2, 0) is 11.2 Å². The van der Waals surface area contributed by atoms with E-state index in [9.17, 15) is 4.79 Å². The van der Waals surface area contributed by atoms with Crippen molar-refractivity contribution in [1.82, 2.24) is 5.32 Å². The molecule has 0 spiro atoms. The minimum absolute atomic E-state index is 0.0890. The Balaban J connectivity index is 1.94. The van der Waals surface area contributed by atoms with E-state index in [-0.39, 0.29) is 5.91 Å². The van der Waals surface area contributed by atoms with Gasteiger partial charge in [0.05, 0.1) is 5.02 Å². The summed E-state index contributed by atoms with van der Waals surface area (Å²) in [5.41, 5.74) is 1.03. The van der Waals surface area contributed by atoms with Crippen LogP contribution in [0.3, 0.4) is 0 Å². The zero-order valence-electron chi connectivity index (χ0n) is 11.0. The first-order valence-electron chi connectivity index (χ1n) is 6.55. The van der Waals surface area contributed by atoms with Crippen LogP contribution in [-0.4, -0.2) is 25.7 Å². The van der Waals surface area contributed by atoms with Crippen LogP contribution in [0.2, 0.25) is 5.02 Å². The molecule has 0 unspecified atom stereocenters. The molecule has 2 rings (SSSR count). The number of carbonyl (C=O) groups excluding carboxylic acids is 1. The van der Waals surface area contributed by atoms with Crippen LogP contribution in [0.4, 0.5) is 0 Å². The summed E-state index contributed by atoms with van der Waals surface area (Å²) in [6.45, 7) is 3.66. The summed E-state index contributed by atoms with van der Waals surface area (Å²) in [5, 5.41) is 3.44. The minimum atomic E-state index is 0.0890. The monoisotopic (exact) mass is 283 g/mol. The highest BCUT2D eigenvalue weighted by molar-refractivity contribution is 6.32. The summed E-state index contributed by atoms with van der Waals surface area (Å²) in [4.78, 5) is 11.4. The van der Waals surface area contributed by atoms with Crippen molar-refractivity contribution in [3.8, 4) is 11.5 Å². The van der Waals surface area contributed by atoms with Gasteiger partial charge in [0.2, 0.25) is 5.91 Å². The van der Waals surface area contributed by atoms with Crippen LogP contribution in [0.1, 0.15) is 25.3 Å². The molecule has 1 aromatic carbocycles. The lowest BCUT2D eigenvalue weighted by Crippen LogP contribution is -2.25. The summed E-state index contributed by atoms with van der Waals surface area (Å²) in [5.74, 6) is 1.39. The number of ether oxygens (including phenoxy) is 2. The van der Waals surface area contributed by atoms with Gasteiger partial charge < -0.3 is 14.8 Å². The average Bonchev–Trinajstić information content (AvgIpc) is 2.39. The lowest BCUT2D eigenvalue weighted by Gasteiger charge is -2.20. The number of fused-ring (bicyclic) bond motifs is 1. The highest BCUT2D eigenvalue weighted by atomic mass is 35.5. The van der Waals surface area contributed by atoms with Crippen LogP contribution in [0, 0.1) is 0 Å². The molecule has 5 heteroatoms. The molecule has 4 nitrogen and oxygen atoms in total. The van der Waals surface area contributed by atoms with Gasteiger partial charge in [0.15, 0.2) is 11.5 Å². The third-order valence-corrected chi connectivity index (χ3v) is 3.15. The van der Waals surface area contributed by atoms with E-state index in [1.165, 1.54) is 0 Å². The van der Waals surface area contributed by atoms with E-state index >= 15 is 0 Å². The first-order valence-corrected chi connectivity index (χ1v) is 6.93. The molecule has 0 radical (unpaired) electrons. The fraction of sp³-hybridized carbons (Fsp3) is 0.500. The van der Waals surface area contributed by atoms with E-state index in [1.54, 1.807) is 0 Å². The molecule has 104 valence electrons. The molecule has 1 aliphatic rings. The van der Waals surface area contributed by atoms with E-state index in [0.29, 0.717) is 42.7 Å². The van der Waals surface area contributed by atoms with E-state index in [4.69, 9.17) is 21.1 Å². The number of rotatable bonds is 5. The van der Waals surface area contributed by atoms with Gasteiger partial charge in [-0.2, -0.15) is 0 Å². The van der Waals surface area contributed by atoms with Crippen molar-refractivity contribution in [3.05, 3.63) is 22.7 Å². The Kier molecular flexibility index (Phi) is 4.91. The first kappa shape index (κ1) is 14.0. The number of amides is 1. The maximum Gasteiger partial charge on any atom is 0.219 e. The van der Waals surface area contributed by atoms with Crippen LogP contribution in [0.5, 0.6) is 11.5 Å². The Morgan fingerprint density at radius 3 is 2.95 bits per heavy atom. The zero-order valence-corrected chi connectivity index (χ0v) is 11.8. The van der Waals surface area contributed by atoms with Gasteiger partial charge in [-0.15, -0.1) is 0 Å². The molecule has 1 aromatic rings. The SMILES string of the molecule is CCCC(=O)NCCc1cc(Cl)c2c(c1)OCCO2. The van der Waals surface area contributed by atoms with Crippen molar-refractivity contribution in [2.45, 2.75) is 26.2 Å². The second-order valence-corrected chi connectivity index (χ2v) is 4.86. The molecule has 19 heavy (non-hydrogen) atoms. The largest absolute Gasteiger partial charge is 0.486 e. The second kappa shape index (κ2) is 6.66. The van der Waals surface area contributed by atoms with E-state index in [2.05, 4.69) is 5.32 Å². The van der Waals surface area contributed by atoms with Crippen molar-refractivity contribution in [2.75, 3.05) is 19.8 Å². The molecule has 1 N–H and O–H groups in total. The fourth-order valence-electron chi connectivity index (χ4n) is 1.97. The van der Waals surface area contributed by atoms with Crippen molar-refractivity contribution < 1.29 is 14.3 Å². The van der Waals surface area contributed by atoms with Gasteiger partial charge in [-0.1, -0.05) is 18.5 Å². The summed E-state index contributed by atoms with van der Waals surface area (Å²) < 4.78 is 11.0. The quantitative estimate of drug-likeness (QED) is 0.903. The fourth-order valence-corrected chi connectivity index (χ4v) is 2.26. The molecule has 1 amide bonds. The smallest absolute Gasteiger partial charge is 0.219 e. The maximum absolute atomic E-state index is 11.4. The Hall–Kier alpha value is -1.42. The van der Waals surface area contributed by atoms with Crippen molar-refractivity contribution in [3.63, 3.8) is 0 Å². The normalized spacial score (nSPS) is 13.2. The molecule has 1 heterocycles. The first-order chi connectivity index (χ1) is 9.20. The lowest BCUT2D eigenvalue weighted by atomic mass is 10.1. The third kappa shape index (κ3) is 3.77. The molecule has 0 bridgehead atoms. The third-order valence-electron chi connectivity index (χ3n) is 2.87. The topological polar surface area (TPSA) is 47.6 Å². The van der Waals surface area contributed by atoms with Crippen molar-refractivity contribution in [2.24, 2.45) is 0 Å². The summed E-state index contributed by atoms with van der Waals surface area (Å²) >= 11 is 6.15. The molecule has 1 aliphatic heterocycles. The lowest BCUT2D eigenvalue weighted by molar-refractivity contribution is -0.121. The van der Waals surface area contributed by atoms with Gasteiger partial charge in [0.25, 0.3) is 0 Å². The van der Waals surface area contributed by atoms with Crippen LogP contribution in [0.25, 0.3) is 0 Å². The molecule has 0 aromatic heterocycles. The van der Waals surface area contributed by atoms with E-state index in [1.807, 2.05) is 19.1 Å². The van der Waals surface area contributed by atoms with Crippen LogP contribution < -0.4 is 14.8 Å². The number of benzene rings is 1. The number of halogens is 1. The molecule has 0 fully saturated rings. The summed E-state index contributed by atoms with van der Waals surface area (Å²) in [6, 6.07) is 3.79. The van der Waals surface area contributed by atoms with Gasteiger partial charge in [-0.05, 0) is 30.5 Å². The van der Waals surface area contributed by atoms with Gasteiger partial charge >= 0.3 is 0 Å². The van der Waals surface area contributed by atoms with Crippen LogP contribution in [0.15, 0.2) is 12.1 Å². The highest BCUT2D eigenvalue weighted by Crippen LogP contribution is 2.38. The number of hydrogen-bond acceptors (Lipinski definition) is 3.